The Morgan fingerprint density at radius 1 is 0.680 bits per heavy atom. The Balaban J connectivity index is 3.67. The van der Waals surface area contributed by atoms with Gasteiger partial charge in [-0.2, -0.15) is 0 Å². The standard InChI is InChI=1S/C23H44O2/c1-4-6-8-10-11-12-13-14-15-17-19-21-22(23(24)25-3)20-18-16-9-7-5-2/h20H,4-19,21H2,1-3H3. The summed E-state index contributed by atoms with van der Waals surface area (Å²) < 4.78 is 4.93. The molecule has 0 amide bonds. The molecule has 0 aromatic rings. The molecule has 0 rings (SSSR count). The number of methoxy groups -OCH3 is 1. The van der Waals surface area contributed by atoms with Gasteiger partial charge >= 0.3 is 5.97 Å². The van der Waals surface area contributed by atoms with Gasteiger partial charge in [0.1, 0.15) is 0 Å². The molecule has 2 nitrogen and oxygen atoms in total. The number of hydrogen-bond acceptors (Lipinski definition) is 2. The Kier molecular flexibility index (Phi) is 18.9. The minimum Gasteiger partial charge on any atom is -0.466 e. The Labute approximate surface area is 157 Å². The van der Waals surface area contributed by atoms with Crippen LogP contribution in [-0.4, -0.2) is 13.1 Å². The van der Waals surface area contributed by atoms with E-state index in [0.717, 1.165) is 24.8 Å². The van der Waals surface area contributed by atoms with E-state index in [1.54, 1.807) is 0 Å². The second-order valence-corrected chi connectivity index (χ2v) is 7.36. The fraction of sp³-hybridized carbons (Fsp3) is 0.870. The molecule has 25 heavy (non-hydrogen) atoms. The van der Waals surface area contributed by atoms with Crippen LogP contribution in [-0.2, 0) is 9.53 Å². The zero-order chi connectivity index (χ0) is 18.6. The summed E-state index contributed by atoms with van der Waals surface area (Å²) in [4.78, 5) is 11.9. The van der Waals surface area contributed by atoms with Crippen LogP contribution >= 0.6 is 0 Å². The molecule has 0 atom stereocenters. The van der Waals surface area contributed by atoms with Gasteiger partial charge in [0.05, 0.1) is 7.11 Å². The largest absolute Gasteiger partial charge is 0.466 e. The van der Waals surface area contributed by atoms with E-state index in [-0.39, 0.29) is 5.97 Å². The third-order valence-corrected chi connectivity index (χ3v) is 4.95. The molecule has 0 bridgehead atoms. The van der Waals surface area contributed by atoms with Crippen LogP contribution in [0.15, 0.2) is 11.6 Å². The third-order valence-electron chi connectivity index (χ3n) is 4.95. The van der Waals surface area contributed by atoms with Gasteiger partial charge < -0.3 is 4.74 Å². The van der Waals surface area contributed by atoms with Gasteiger partial charge in [0.15, 0.2) is 0 Å². The van der Waals surface area contributed by atoms with Gasteiger partial charge in [-0.1, -0.05) is 103 Å². The second-order valence-electron chi connectivity index (χ2n) is 7.36. The van der Waals surface area contributed by atoms with E-state index in [1.807, 2.05) is 0 Å². The number of carbonyl (C=O) groups is 1. The molecule has 0 unspecified atom stereocenters. The average molecular weight is 353 g/mol. The lowest BCUT2D eigenvalue weighted by atomic mass is 10.0. The van der Waals surface area contributed by atoms with E-state index in [0.29, 0.717) is 0 Å². The number of allylic oxidation sites excluding steroid dienone is 1. The van der Waals surface area contributed by atoms with Crippen molar-refractivity contribution in [3.05, 3.63) is 11.6 Å². The molecular formula is C23H44O2. The molecular weight excluding hydrogens is 308 g/mol. The van der Waals surface area contributed by atoms with E-state index < -0.39 is 0 Å². The first-order valence-electron chi connectivity index (χ1n) is 11.0. The monoisotopic (exact) mass is 352 g/mol. The Bertz CT molecular complexity index is 320. The van der Waals surface area contributed by atoms with Crippen molar-refractivity contribution in [1.29, 1.82) is 0 Å². The molecule has 0 saturated carbocycles. The first-order chi connectivity index (χ1) is 12.3. The second kappa shape index (κ2) is 19.5. The molecule has 148 valence electrons. The maximum absolute atomic E-state index is 11.9. The lowest BCUT2D eigenvalue weighted by Gasteiger charge is -2.06. The number of hydrogen-bond donors (Lipinski definition) is 0. The van der Waals surface area contributed by atoms with Crippen molar-refractivity contribution in [2.24, 2.45) is 0 Å². The smallest absolute Gasteiger partial charge is 0.333 e. The van der Waals surface area contributed by atoms with Crippen LogP contribution in [0.3, 0.4) is 0 Å². The van der Waals surface area contributed by atoms with E-state index in [4.69, 9.17) is 4.74 Å². The van der Waals surface area contributed by atoms with Gasteiger partial charge in [0.2, 0.25) is 0 Å². The highest BCUT2D eigenvalue weighted by molar-refractivity contribution is 5.88. The van der Waals surface area contributed by atoms with Crippen LogP contribution in [0.2, 0.25) is 0 Å². The molecule has 0 radical (unpaired) electrons. The van der Waals surface area contributed by atoms with Crippen molar-refractivity contribution < 1.29 is 9.53 Å². The Morgan fingerprint density at radius 3 is 1.60 bits per heavy atom. The minimum atomic E-state index is -0.123. The van der Waals surface area contributed by atoms with E-state index in [2.05, 4.69) is 19.9 Å². The molecule has 0 N–H and O–H groups in total. The maximum atomic E-state index is 11.9. The van der Waals surface area contributed by atoms with Gasteiger partial charge in [0, 0.05) is 5.57 Å². The third kappa shape index (κ3) is 16.4. The predicted molar refractivity (Wildman–Crippen MR) is 110 cm³/mol. The van der Waals surface area contributed by atoms with Crippen molar-refractivity contribution in [2.75, 3.05) is 7.11 Å². The van der Waals surface area contributed by atoms with Crippen molar-refractivity contribution in [3.63, 3.8) is 0 Å². The summed E-state index contributed by atoms with van der Waals surface area (Å²) in [6.07, 6.45) is 23.8. The van der Waals surface area contributed by atoms with Gasteiger partial charge in [-0.3, -0.25) is 0 Å². The van der Waals surface area contributed by atoms with E-state index in [9.17, 15) is 4.79 Å². The Morgan fingerprint density at radius 2 is 1.12 bits per heavy atom. The van der Waals surface area contributed by atoms with Crippen LogP contribution in [0.5, 0.6) is 0 Å². The van der Waals surface area contributed by atoms with Crippen LogP contribution in [0.4, 0.5) is 0 Å². The summed E-state index contributed by atoms with van der Waals surface area (Å²) in [5, 5.41) is 0. The fourth-order valence-corrected chi connectivity index (χ4v) is 3.25. The van der Waals surface area contributed by atoms with Crippen molar-refractivity contribution in [2.45, 2.75) is 123 Å². The van der Waals surface area contributed by atoms with Gasteiger partial charge in [0.25, 0.3) is 0 Å². The summed E-state index contributed by atoms with van der Waals surface area (Å²) in [5.41, 5.74) is 0.898. The van der Waals surface area contributed by atoms with Crippen LogP contribution in [0, 0.1) is 0 Å². The first-order valence-corrected chi connectivity index (χ1v) is 11.0. The van der Waals surface area contributed by atoms with Crippen molar-refractivity contribution in [3.8, 4) is 0 Å². The molecule has 0 aliphatic rings. The molecule has 0 aromatic heterocycles. The predicted octanol–water partition coefficient (Wildman–Crippen LogP) is 7.76. The van der Waals surface area contributed by atoms with Gasteiger partial charge in [-0.15, -0.1) is 0 Å². The zero-order valence-corrected chi connectivity index (χ0v) is 17.4. The molecule has 2 heteroatoms. The summed E-state index contributed by atoms with van der Waals surface area (Å²) in [5.74, 6) is -0.123. The Hall–Kier alpha value is -0.790. The fourth-order valence-electron chi connectivity index (χ4n) is 3.25. The van der Waals surface area contributed by atoms with Crippen molar-refractivity contribution >= 4 is 5.97 Å². The lowest BCUT2D eigenvalue weighted by Crippen LogP contribution is -2.05. The van der Waals surface area contributed by atoms with Gasteiger partial charge in [-0.25, -0.2) is 4.79 Å². The number of rotatable bonds is 18. The molecule has 0 heterocycles. The van der Waals surface area contributed by atoms with Crippen molar-refractivity contribution in [1.82, 2.24) is 0 Å². The summed E-state index contributed by atoms with van der Waals surface area (Å²) >= 11 is 0. The van der Waals surface area contributed by atoms with Crippen LogP contribution < -0.4 is 0 Å². The first kappa shape index (κ1) is 24.2. The number of unbranched alkanes of at least 4 members (excludes halogenated alkanes) is 14. The van der Waals surface area contributed by atoms with Crippen LogP contribution in [0.25, 0.3) is 0 Å². The number of ether oxygens (including phenoxy) is 1. The topological polar surface area (TPSA) is 26.3 Å². The number of carbonyl (C=O) groups excluding carboxylic acids is 1. The average Bonchev–Trinajstić information content (AvgIpc) is 2.63. The highest BCUT2D eigenvalue weighted by Gasteiger charge is 2.08. The molecule has 0 aliphatic carbocycles. The lowest BCUT2D eigenvalue weighted by molar-refractivity contribution is -0.136. The molecule has 0 saturated heterocycles. The van der Waals surface area contributed by atoms with E-state index in [1.165, 1.54) is 97.0 Å². The normalized spacial score (nSPS) is 11.7. The quantitative estimate of drug-likeness (QED) is 0.143. The molecule has 0 spiro atoms. The summed E-state index contributed by atoms with van der Waals surface area (Å²) in [7, 11) is 1.49. The zero-order valence-electron chi connectivity index (χ0n) is 17.4. The van der Waals surface area contributed by atoms with E-state index >= 15 is 0 Å². The number of esters is 1. The van der Waals surface area contributed by atoms with Crippen LogP contribution in [0.1, 0.15) is 123 Å². The highest BCUT2D eigenvalue weighted by Crippen LogP contribution is 2.16. The molecule has 0 aromatic carbocycles. The molecule has 0 aliphatic heterocycles. The SMILES string of the molecule is CCCCCCC=C(CCCCCCCCCCCCC)C(=O)OC. The molecule has 0 fully saturated rings. The minimum absolute atomic E-state index is 0.123. The van der Waals surface area contributed by atoms with Gasteiger partial charge in [-0.05, 0) is 25.7 Å². The summed E-state index contributed by atoms with van der Waals surface area (Å²) in [6, 6.07) is 0. The summed E-state index contributed by atoms with van der Waals surface area (Å²) in [6.45, 7) is 4.50. The maximum Gasteiger partial charge on any atom is 0.333 e. The highest BCUT2D eigenvalue weighted by atomic mass is 16.5.